The average molecular weight is 174 g/mol. The van der Waals surface area contributed by atoms with Crippen molar-refractivity contribution in [1.82, 2.24) is 5.32 Å². The molecule has 0 amide bonds. The van der Waals surface area contributed by atoms with Crippen molar-refractivity contribution >= 4 is 0 Å². The summed E-state index contributed by atoms with van der Waals surface area (Å²) in [6, 6.07) is 0. The van der Waals surface area contributed by atoms with Crippen molar-refractivity contribution in [2.45, 2.75) is 12.8 Å². The summed E-state index contributed by atoms with van der Waals surface area (Å²) in [5, 5.41) is 3.22. The van der Waals surface area contributed by atoms with Crippen LogP contribution in [0.15, 0.2) is 0 Å². The van der Waals surface area contributed by atoms with E-state index in [2.05, 4.69) is 5.32 Å². The molecule has 1 heterocycles. The van der Waals surface area contributed by atoms with Crippen LogP contribution in [0.25, 0.3) is 0 Å². The molecule has 0 bridgehead atoms. The van der Waals surface area contributed by atoms with Crippen LogP contribution in [-0.2, 0) is 19.5 Å². The van der Waals surface area contributed by atoms with Gasteiger partial charge in [-0.15, -0.1) is 0 Å². The normalized spacial score (nSPS) is 20.0. The standard InChI is InChI=1S/C4H9N.Rh/c1-2-4-5-3-1;/h5H,1-4H2;. The van der Waals surface area contributed by atoms with Gasteiger partial charge in [-0.2, -0.15) is 0 Å². The van der Waals surface area contributed by atoms with Gasteiger partial charge in [0, 0.05) is 19.5 Å². The molecule has 1 aliphatic heterocycles. The van der Waals surface area contributed by atoms with Crippen LogP contribution in [-0.4, -0.2) is 13.1 Å². The summed E-state index contributed by atoms with van der Waals surface area (Å²) < 4.78 is 0. The first-order valence-electron chi connectivity index (χ1n) is 2.21. The molecule has 1 rings (SSSR count). The van der Waals surface area contributed by atoms with E-state index in [9.17, 15) is 0 Å². The second-order valence-electron chi connectivity index (χ2n) is 1.46. The number of rotatable bonds is 0. The van der Waals surface area contributed by atoms with E-state index in [0.717, 1.165) is 0 Å². The average Bonchev–Trinajstić information content (AvgIpc) is 1.76. The molecule has 0 saturated carbocycles. The molecule has 1 saturated heterocycles. The van der Waals surface area contributed by atoms with Crippen molar-refractivity contribution in [3.05, 3.63) is 0 Å². The topological polar surface area (TPSA) is 12.0 Å². The molecule has 0 unspecified atom stereocenters. The van der Waals surface area contributed by atoms with Gasteiger partial charge < -0.3 is 5.32 Å². The third-order valence-electron chi connectivity index (χ3n) is 0.957. The first-order valence-corrected chi connectivity index (χ1v) is 2.21. The molecule has 1 aliphatic rings. The fourth-order valence-electron chi connectivity index (χ4n) is 0.625. The Morgan fingerprint density at radius 1 is 1.00 bits per heavy atom. The van der Waals surface area contributed by atoms with E-state index in [-0.39, 0.29) is 19.5 Å². The molecule has 0 spiro atoms. The summed E-state index contributed by atoms with van der Waals surface area (Å²) in [5.74, 6) is 0. The summed E-state index contributed by atoms with van der Waals surface area (Å²) in [5.41, 5.74) is 0. The van der Waals surface area contributed by atoms with Gasteiger partial charge >= 0.3 is 0 Å². The summed E-state index contributed by atoms with van der Waals surface area (Å²) in [6.45, 7) is 2.50. The van der Waals surface area contributed by atoms with E-state index in [1.807, 2.05) is 0 Å². The molecule has 1 radical (unpaired) electrons. The van der Waals surface area contributed by atoms with Crippen LogP contribution < -0.4 is 5.32 Å². The summed E-state index contributed by atoms with van der Waals surface area (Å²) >= 11 is 0. The molecule has 1 N–H and O–H groups in total. The Hall–Kier alpha value is 0.583. The number of nitrogens with one attached hydrogen (secondary N) is 1. The van der Waals surface area contributed by atoms with Crippen molar-refractivity contribution in [2.24, 2.45) is 0 Å². The van der Waals surface area contributed by atoms with Crippen LogP contribution in [0, 0.1) is 0 Å². The summed E-state index contributed by atoms with van der Waals surface area (Å²) in [7, 11) is 0. The minimum atomic E-state index is 0. The predicted octanol–water partition coefficient (Wildman–Crippen LogP) is 0.367. The van der Waals surface area contributed by atoms with Crippen LogP contribution in [0.1, 0.15) is 12.8 Å². The van der Waals surface area contributed by atoms with E-state index < -0.39 is 0 Å². The Bertz CT molecular complexity index is 19.1. The van der Waals surface area contributed by atoms with Crippen molar-refractivity contribution < 1.29 is 19.5 Å². The molecule has 0 aliphatic carbocycles. The molecule has 0 atom stereocenters. The molecule has 0 aromatic rings. The first kappa shape index (κ1) is 6.58. The van der Waals surface area contributed by atoms with Crippen molar-refractivity contribution in [1.29, 1.82) is 0 Å². The summed E-state index contributed by atoms with van der Waals surface area (Å²) in [6.07, 6.45) is 2.78. The zero-order valence-electron chi connectivity index (χ0n) is 3.66. The Kier molecular flexibility index (Phi) is 4.13. The first-order chi connectivity index (χ1) is 2.50. The van der Waals surface area contributed by atoms with Crippen LogP contribution in [0.5, 0.6) is 0 Å². The van der Waals surface area contributed by atoms with Gasteiger partial charge in [-0.3, -0.25) is 0 Å². The molecule has 39 valence electrons. The quantitative estimate of drug-likeness (QED) is 0.523. The molecule has 1 nitrogen and oxygen atoms in total. The number of hydrogen-bond acceptors (Lipinski definition) is 1. The Morgan fingerprint density at radius 3 is 1.67 bits per heavy atom. The maximum absolute atomic E-state index is 3.22. The van der Waals surface area contributed by atoms with Crippen molar-refractivity contribution in [3.8, 4) is 0 Å². The third kappa shape index (κ3) is 1.89. The van der Waals surface area contributed by atoms with Gasteiger partial charge in [0.1, 0.15) is 0 Å². The Labute approximate surface area is 51.3 Å². The van der Waals surface area contributed by atoms with Crippen LogP contribution in [0.3, 0.4) is 0 Å². The van der Waals surface area contributed by atoms with E-state index in [1.54, 1.807) is 0 Å². The smallest absolute Gasteiger partial charge is 0 e. The molecule has 6 heavy (non-hydrogen) atoms. The SMILES string of the molecule is C1CCNC1.[Rh]. The van der Waals surface area contributed by atoms with Gasteiger partial charge in [0.25, 0.3) is 0 Å². The molecular formula is C4H9NRh. The minimum absolute atomic E-state index is 0. The maximum Gasteiger partial charge on any atom is 0 e. The Balaban J connectivity index is 0.000000250. The van der Waals surface area contributed by atoms with Gasteiger partial charge in [-0.05, 0) is 25.9 Å². The van der Waals surface area contributed by atoms with Crippen molar-refractivity contribution in [2.75, 3.05) is 13.1 Å². The van der Waals surface area contributed by atoms with E-state index in [4.69, 9.17) is 0 Å². The van der Waals surface area contributed by atoms with Crippen LogP contribution in [0.2, 0.25) is 0 Å². The fraction of sp³-hybridized carbons (Fsp3) is 1.00. The molecular weight excluding hydrogens is 165 g/mol. The van der Waals surface area contributed by atoms with Crippen LogP contribution >= 0.6 is 0 Å². The van der Waals surface area contributed by atoms with E-state index in [1.165, 1.54) is 25.9 Å². The maximum atomic E-state index is 3.22. The monoisotopic (exact) mass is 174 g/mol. The van der Waals surface area contributed by atoms with Gasteiger partial charge in [-0.25, -0.2) is 0 Å². The largest absolute Gasteiger partial charge is 0.317 e. The van der Waals surface area contributed by atoms with Crippen molar-refractivity contribution in [3.63, 3.8) is 0 Å². The van der Waals surface area contributed by atoms with E-state index in [0.29, 0.717) is 0 Å². The van der Waals surface area contributed by atoms with Gasteiger partial charge in [0.15, 0.2) is 0 Å². The summed E-state index contributed by atoms with van der Waals surface area (Å²) in [4.78, 5) is 0. The zero-order valence-corrected chi connectivity index (χ0v) is 5.30. The second-order valence-corrected chi connectivity index (χ2v) is 1.46. The molecule has 2 heteroatoms. The Morgan fingerprint density at radius 2 is 1.50 bits per heavy atom. The zero-order chi connectivity index (χ0) is 3.54. The number of hydrogen-bond donors (Lipinski definition) is 1. The fourth-order valence-corrected chi connectivity index (χ4v) is 0.625. The van der Waals surface area contributed by atoms with Crippen LogP contribution in [0.4, 0.5) is 0 Å². The third-order valence-corrected chi connectivity index (χ3v) is 0.957. The van der Waals surface area contributed by atoms with Gasteiger partial charge in [0.05, 0.1) is 0 Å². The minimum Gasteiger partial charge on any atom is -0.317 e. The second kappa shape index (κ2) is 3.76. The molecule has 1 fully saturated rings. The molecule has 0 aromatic heterocycles. The van der Waals surface area contributed by atoms with Gasteiger partial charge in [0.2, 0.25) is 0 Å². The van der Waals surface area contributed by atoms with Gasteiger partial charge in [-0.1, -0.05) is 0 Å². The predicted molar refractivity (Wildman–Crippen MR) is 22.1 cm³/mol. The molecule has 0 aromatic carbocycles. The van der Waals surface area contributed by atoms with E-state index >= 15 is 0 Å².